The van der Waals surface area contributed by atoms with Crippen LogP contribution in [0.4, 0.5) is 0 Å². The molecule has 0 saturated carbocycles. The van der Waals surface area contributed by atoms with Gasteiger partial charge in [-0.1, -0.05) is 30.7 Å². The molecular formula is C16H16ClNO4. The summed E-state index contributed by atoms with van der Waals surface area (Å²) in [6.45, 7) is 1.92. The predicted octanol–water partition coefficient (Wildman–Crippen LogP) is 3.12. The summed E-state index contributed by atoms with van der Waals surface area (Å²) >= 11 is 5.81. The first-order chi connectivity index (χ1) is 10.5. The Hall–Kier alpha value is -2.27. The lowest BCUT2D eigenvalue weighted by atomic mass is 10.2. The van der Waals surface area contributed by atoms with Crippen molar-refractivity contribution in [2.45, 2.75) is 26.0 Å². The van der Waals surface area contributed by atoms with Crippen LogP contribution in [0, 0.1) is 0 Å². The van der Waals surface area contributed by atoms with Crippen LogP contribution >= 0.6 is 11.6 Å². The van der Waals surface area contributed by atoms with Crippen molar-refractivity contribution in [2.24, 2.45) is 0 Å². The highest BCUT2D eigenvalue weighted by atomic mass is 35.5. The molecule has 1 N–H and O–H groups in total. The van der Waals surface area contributed by atoms with Gasteiger partial charge in [0, 0.05) is 11.2 Å². The Morgan fingerprint density at radius 1 is 1.32 bits per heavy atom. The van der Waals surface area contributed by atoms with Crippen molar-refractivity contribution >= 4 is 17.6 Å². The maximum absolute atomic E-state index is 12.3. The number of benzene rings is 1. The molecule has 1 aromatic heterocycles. The Morgan fingerprint density at radius 2 is 2.00 bits per heavy atom. The molecule has 22 heavy (non-hydrogen) atoms. The maximum atomic E-state index is 12.3. The van der Waals surface area contributed by atoms with E-state index in [-0.39, 0.29) is 12.4 Å². The lowest BCUT2D eigenvalue weighted by Crippen LogP contribution is -2.29. The molecule has 0 fully saturated rings. The fourth-order valence-electron chi connectivity index (χ4n) is 2.08. The van der Waals surface area contributed by atoms with Gasteiger partial charge in [-0.15, -0.1) is 0 Å². The van der Waals surface area contributed by atoms with Gasteiger partial charge in [0.2, 0.25) is 0 Å². The summed E-state index contributed by atoms with van der Waals surface area (Å²) in [6, 6.07) is 9.31. The molecule has 0 bridgehead atoms. The van der Waals surface area contributed by atoms with E-state index in [0.29, 0.717) is 11.4 Å². The van der Waals surface area contributed by atoms with Crippen LogP contribution in [0.1, 0.15) is 24.9 Å². The lowest BCUT2D eigenvalue weighted by molar-refractivity contribution is -0.141. The number of carboxylic acids is 1. The van der Waals surface area contributed by atoms with Crippen LogP contribution in [-0.4, -0.2) is 15.6 Å². The number of nitrogens with zero attached hydrogens (tertiary/aromatic N) is 1. The maximum Gasteiger partial charge on any atom is 0.326 e. The van der Waals surface area contributed by atoms with Gasteiger partial charge in [0.15, 0.2) is 5.75 Å². The summed E-state index contributed by atoms with van der Waals surface area (Å²) in [6.07, 6.45) is 1.77. The molecule has 2 aromatic rings. The van der Waals surface area contributed by atoms with E-state index in [1.54, 1.807) is 37.3 Å². The van der Waals surface area contributed by atoms with Gasteiger partial charge in [-0.2, -0.15) is 0 Å². The number of aromatic nitrogens is 1. The van der Waals surface area contributed by atoms with Gasteiger partial charge in [-0.3, -0.25) is 9.36 Å². The molecule has 0 spiro atoms. The first-order valence-corrected chi connectivity index (χ1v) is 7.22. The molecule has 0 saturated heterocycles. The second kappa shape index (κ2) is 7.13. The smallest absolute Gasteiger partial charge is 0.326 e. The van der Waals surface area contributed by atoms with E-state index in [9.17, 15) is 9.59 Å². The van der Waals surface area contributed by atoms with E-state index < -0.39 is 17.6 Å². The van der Waals surface area contributed by atoms with Crippen LogP contribution in [-0.2, 0) is 11.4 Å². The second-order valence-corrected chi connectivity index (χ2v) is 5.20. The number of rotatable bonds is 6. The molecule has 1 aromatic carbocycles. The number of pyridine rings is 1. The molecule has 1 heterocycles. The van der Waals surface area contributed by atoms with Crippen molar-refractivity contribution in [3.8, 4) is 5.75 Å². The number of carboxylic acid groups (broad SMARTS) is 1. The number of aliphatic carboxylic acids is 1. The lowest BCUT2D eigenvalue weighted by Gasteiger charge is -2.15. The summed E-state index contributed by atoms with van der Waals surface area (Å²) in [4.78, 5) is 23.5. The quantitative estimate of drug-likeness (QED) is 0.887. The van der Waals surface area contributed by atoms with Crippen molar-refractivity contribution in [3.05, 3.63) is 63.5 Å². The Labute approximate surface area is 132 Å². The first-order valence-electron chi connectivity index (χ1n) is 6.84. The normalized spacial score (nSPS) is 11.9. The number of hydrogen-bond donors (Lipinski definition) is 1. The molecule has 5 nitrogen and oxygen atoms in total. The largest absolute Gasteiger partial charge is 0.483 e. The van der Waals surface area contributed by atoms with Gasteiger partial charge in [0.25, 0.3) is 5.56 Å². The van der Waals surface area contributed by atoms with Gasteiger partial charge in [0.05, 0.1) is 0 Å². The monoisotopic (exact) mass is 321 g/mol. The van der Waals surface area contributed by atoms with Crippen LogP contribution < -0.4 is 10.3 Å². The summed E-state index contributed by atoms with van der Waals surface area (Å²) in [7, 11) is 0. The van der Waals surface area contributed by atoms with Crippen molar-refractivity contribution in [1.82, 2.24) is 4.57 Å². The summed E-state index contributed by atoms with van der Waals surface area (Å²) < 4.78 is 6.69. The van der Waals surface area contributed by atoms with E-state index in [4.69, 9.17) is 21.4 Å². The molecule has 1 unspecified atom stereocenters. The minimum atomic E-state index is -1.04. The SMILES string of the molecule is CCC(C(=O)O)n1cccc(OCc2ccc(Cl)cc2)c1=O. The van der Waals surface area contributed by atoms with Crippen LogP contribution in [0.25, 0.3) is 0 Å². The van der Waals surface area contributed by atoms with E-state index in [1.165, 1.54) is 16.8 Å². The van der Waals surface area contributed by atoms with Crippen LogP contribution in [0.15, 0.2) is 47.4 Å². The Kier molecular flexibility index (Phi) is 5.22. The Morgan fingerprint density at radius 3 is 2.59 bits per heavy atom. The van der Waals surface area contributed by atoms with Crippen molar-refractivity contribution in [2.75, 3.05) is 0 Å². The zero-order valence-electron chi connectivity index (χ0n) is 12.0. The zero-order chi connectivity index (χ0) is 16.1. The fraction of sp³-hybridized carbons (Fsp3) is 0.250. The number of ether oxygens (including phenoxy) is 1. The van der Waals surface area contributed by atoms with Crippen LogP contribution in [0.5, 0.6) is 5.75 Å². The average molecular weight is 322 g/mol. The predicted molar refractivity (Wildman–Crippen MR) is 83.4 cm³/mol. The third kappa shape index (κ3) is 3.68. The Bertz CT molecular complexity index is 709. The summed E-state index contributed by atoms with van der Waals surface area (Å²) in [5.74, 6) is -0.920. The average Bonchev–Trinajstić information content (AvgIpc) is 2.50. The minimum Gasteiger partial charge on any atom is -0.483 e. The minimum absolute atomic E-state index is 0.122. The van der Waals surface area contributed by atoms with Gasteiger partial charge >= 0.3 is 5.97 Å². The molecule has 0 radical (unpaired) electrons. The third-order valence-electron chi connectivity index (χ3n) is 3.25. The molecule has 2 rings (SSSR count). The number of hydrogen-bond acceptors (Lipinski definition) is 3. The highest BCUT2D eigenvalue weighted by Crippen LogP contribution is 2.14. The third-order valence-corrected chi connectivity index (χ3v) is 3.51. The highest BCUT2D eigenvalue weighted by Gasteiger charge is 2.19. The van der Waals surface area contributed by atoms with Crippen LogP contribution in [0.3, 0.4) is 0 Å². The van der Waals surface area contributed by atoms with Crippen molar-refractivity contribution in [1.29, 1.82) is 0 Å². The molecular weight excluding hydrogens is 306 g/mol. The van der Waals surface area contributed by atoms with Gasteiger partial charge < -0.3 is 9.84 Å². The second-order valence-electron chi connectivity index (χ2n) is 4.76. The highest BCUT2D eigenvalue weighted by molar-refractivity contribution is 6.30. The zero-order valence-corrected chi connectivity index (χ0v) is 12.8. The molecule has 1 atom stereocenters. The number of carbonyl (C=O) groups is 1. The standard InChI is InChI=1S/C16H16ClNO4/c1-2-13(16(20)21)18-9-3-4-14(15(18)19)22-10-11-5-7-12(17)8-6-11/h3-9,13H,2,10H2,1H3,(H,20,21). The summed E-state index contributed by atoms with van der Waals surface area (Å²) in [5.41, 5.74) is 0.412. The van der Waals surface area contributed by atoms with Crippen LogP contribution in [0.2, 0.25) is 5.02 Å². The van der Waals surface area contributed by atoms with Crippen molar-refractivity contribution in [3.63, 3.8) is 0 Å². The molecule has 6 heteroatoms. The van der Waals surface area contributed by atoms with E-state index in [2.05, 4.69) is 0 Å². The topological polar surface area (TPSA) is 68.5 Å². The van der Waals surface area contributed by atoms with Crippen molar-refractivity contribution < 1.29 is 14.6 Å². The van der Waals surface area contributed by atoms with Gasteiger partial charge in [-0.25, -0.2) is 4.79 Å². The van der Waals surface area contributed by atoms with Gasteiger partial charge in [0.1, 0.15) is 12.6 Å². The molecule has 0 aliphatic rings. The number of halogens is 1. The molecule has 0 aliphatic heterocycles. The molecule has 116 valence electrons. The van der Waals surface area contributed by atoms with E-state index in [1.807, 2.05) is 0 Å². The van der Waals surface area contributed by atoms with Gasteiger partial charge in [-0.05, 0) is 36.2 Å². The first kappa shape index (κ1) is 16.1. The van der Waals surface area contributed by atoms with E-state index >= 15 is 0 Å². The van der Waals surface area contributed by atoms with E-state index in [0.717, 1.165) is 5.56 Å². The molecule has 0 aliphatic carbocycles. The fourth-order valence-corrected chi connectivity index (χ4v) is 2.20. The molecule has 0 amide bonds. The summed E-state index contributed by atoms with van der Waals surface area (Å²) in [5, 5.41) is 9.79. The Balaban J connectivity index is 2.20.